The summed E-state index contributed by atoms with van der Waals surface area (Å²) in [6.07, 6.45) is 1.46. The molecule has 0 aliphatic carbocycles. The molecule has 0 saturated heterocycles. The van der Waals surface area contributed by atoms with Crippen LogP contribution in [0.25, 0.3) is 0 Å². The molecule has 6 heteroatoms. The topological polar surface area (TPSA) is 79.8 Å². The highest BCUT2D eigenvalue weighted by Gasteiger charge is 2.13. The Morgan fingerprint density at radius 3 is 2.23 bits per heavy atom. The zero-order valence-electron chi connectivity index (χ0n) is 16.9. The van der Waals surface area contributed by atoms with E-state index in [9.17, 15) is 9.59 Å². The van der Waals surface area contributed by atoms with Gasteiger partial charge in [-0.05, 0) is 72.5 Å². The van der Waals surface area contributed by atoms with Crippen LogP contribution in [0.1, 0.15) is 22.3 Å². The third-order valence-corrected chi connectivity index (χ3v) is 4.19. The third-order valence-electron chi connectivity index (χ3n) is 4.19. The second-order valence-corrected chi connectivity index (χ2v) is 6.87. The minimum atomic E-state index is -0.840. The first-order valence-corrected chi connectivity index (χ1v) is 9.49. The molecule has 0 heterocycles. The van der Waals surface area contributed by atoms with Gasteiger partial charge in [-0.2, -0.15) is 5.10 Å². The van der Waals surface area contributed by atoms with Gasteiger partial charge in [0.1, 0.15) is 12.4 Å². The lowest BCUT2D eigenvalue weighted by Gasteiger charge is -2.07. The fourth-order valence-electron chi connectivity index (χ4n) is 2.84. The van der Waals surface area contributed by atoms with Crippen LogP contribution in [0.4, 0.5) is 5.69 Å². The van der Waals surface area contributed by atoms with Crippen molar-refractivity contribution in [3.63, 3.8) is 0 Å². The molecular weight excluding hydrogens is 378 g/mol. The Morgan fingerprint density at radius 2 is 1.57 bits per heavy atom. The molecule has 6 nitrogen and oxygen atoms in total. The van der Waals surface area contributed by atoms with E-state index >= 15 is 0 Å². The quantitative estimate of drug-likeness (QED) is 0.373. The SMILES string of the molecule is Cc1cc(C)cc(NC(=O)C(=O)N/N=C/c2ccc(OCc3ccccc3)cc2)c1. The largest absolute Gasteiger partial charge is 0.489 e. The summed E-state index contributed by atoms with van der Waals surface area (Å²) in [5, 5.41) is 6.40. The Hall–Kier alpha value is -3.93. The van der Waals surface area contributed by atoms with Crippen LogP contribution in [0.2, 0.25) is 0 Å². The van der Waals surface area contributed by atoms with Gasteiger partial charge in [0.15, 0.2) is 0 Å². The first-order chi connectivity index (χ1) is 14.5. The normalized spacial score (nSPS) is 10.6. The summed E-state index contributed by atoms with van der Waals surface area (Å²) in [4.78, 5) is 23.9. The van der Waals surface area contributed by atoms with E-state index in [0.717, 1.165) is 28.0 Å². The van der Waals surface area contributed by atoms with Crippen LogP contribution in [-0.4, -0.2) is 18.0 Å². The molecule has 152 valence electrons. The van der Waals surface area contributed by atoms with Crippen LogP contribution < -0.4 is 15.5 Å². The number of nitrogens with zero attached hydrogens (tertiary/aromatic N) is 1. The van der Waals surface area contributed by atoms with Gasteiger partial charge in [0.2, 0.25) is 0 Å². The van der Waals surface area contributed by atoms with E-state index in [-0.39, 0.29) is 0 Å². The fraction of sp³-hybridized carbons (Fsp3) is 0.125. The number of anilines is 1. The highest BCUT2D eigenvalue weighted by molar-refractivity contribution is 6.39. The van der Waals surface area contributed by atoms with E-state index in [1.807, 2.05) is 74.5 Å². The third kappa shape index (κ3) is 6.31. The smallest absolute Gasteiger partial charge is 0.329 e. The molecule has 0 fully saturated rings. The number of nitrogens with one attached hydrogen (secondary N) is 2. The monoisotopic (exact) mass is 401 g/mol. The van der Waals surface area contributed by atoms with Crippen molar-refractivity contribution in [1.82, 2.24) is 5.43 Å². The standard InChI is InChI=1S/C24H23N3O3/c1-17-12-18(2)14-21(13-17)26-23(28)24(29)27-25-15-19-8-10-22(11-9-19)30-16-20-6-4-3-5-7-20/h3-15H,16H2,1-2H3,(H,26,28)(H,27,29)/b25-15+. The number of ether oxygens (including phenoxy) is 1. The Bertz CT molecular complexity index is 1020. The average molecular weight is 401 g/mol. The number of hydrogen-bond acceptors (Lipinski definition) is 4. The van der Waals surface area contributed by atoms with Crippen molar-refractivity contribution in [2.24, 2.45) is 5.10 Å². The number of aryl methyl sites for hydroxylation is 2. The Balaban J connectivity index is 1.48. The number of carbonyl (C=O) groups excluding carboxylic acids is 2. The second-order valence-electron chi connectivity index (χ2n) is 6.87. The predicted octanol–water partition coefficient (Wildman–Crippen LogP) is 3.97. The van der Waals surface area contributed by atoms with E-state index < -0.39 is 11.8 Å². The number of amides is 2. The van der Waals surface area contributed by atoms with Crippen LogP contribution in [0.3, 0.4) is 0 Å². The number of rotatable bonds is 6. The highest BCUT2D eigenvalue weighted by Crippen LogP contribution is 2.14. The van der Waals surface area contributed by atoms with Gasteiger partial charge in [0.05, 0.1) is 6.21 Å². The van der Waals surface area contributed by atoms with E-state index in [1.54, 1.807) is 12.1 Å². The Labute approximate surface area is 175 Å². The molecule has 3 aromatic rings. The van der Waals surface area contributed by atoms with Crippen molar-refractivity contribution in [2.75, 3.05) is 5.32 Å². The van der Waals surface area contributed by atoms with Crippen molar-refractivity contribution in [2.45, 2.75) is 20.5 Å². The first kappa shape index (κ1) is 20.8. The summed E-state index contributed by atoms with van der Waals surface area (Å²) in [5.41, 5.74) is 6.65. The van der Waals surface area contributed by atoms with Crippen LogP contribution >= 0.6 is 0 Å². The van der Waals surface area contributed by atoms with Gasteiger partial charge < -0.3 is 10.1 Å². The molecule has 2 amide bonds. The zero-order chi connectivity index (χ0) is 21.3. The maximum Gasteiger partial charge on any atom is 0.329 e. The van der Waals surface area contributed by atoms with E-state index in [1.165, 1.54) is 6.21 Å². The van der Waals surface area contributed by atoms with Crippen molar-refractivity contribution in [1.29, 1.82) is 0 Å². The van der Waals surface area contributed by atoms with Gasteiger partial charge in [-0.1, -0.05) is 36.4 Å². The summed E-state index contributed by atoms with van der Waals surface area (Å²) in [6.45, 7) is 4.33. The van der Waals surface area contributed by atoms with Crippen LogP contribution in [0, 0.1) is 13.8 Å². The second kappa shape index (κ2) is 10.0. The van der Waals surface area contributed by atoms with Crippen LogP contribution in [0.5, 0.6) is 5.75 Å². The zero-order valence-corrected chi connectivity index (χ0v) is 16.9. The van der Waals surface area contributed by atoms with E-state index in [4.69, 9.17) is 4.74 Å². The number of hydrazone groups is 1. The molecular formula is C24H23N3O3. The first-order valence-electron chi connectivity index (χ1n) is 9.49. The average Bonchev–Trinajstić information content (AvgIpc) is 2.73. The molecule has 3 aromatic carbocycles. The Morgan fingerprint density at radius 1 is 0.900 bits per heavy atom. The van der Waals surface area contributed by atoms with Crippen molar-refractivity contribution < 1.29 is 14.3 Å². The fourth-order valence-corrected chi connectivity index (χ4v) is 2.84. The molecule has 0 aliphatic heterocycles. The van der Waals surface area contributed by atoms with Gasteiger partial charge in [-0.25, -0.2) is 5.43 Å². The van der Waals surface area contributed by atoms with Gasteiger partial charge in [0.25, 0.3) is 0 Å². The summed E-state index contributed by atoms with van der Waals surface area (Å²) < 4.78 is 5.73. The summed E-state index contributed by atoms with van der Waals surface area (Å²) >= 11 is 0. The molecule has 0 aliphatic rings. The molecule has 0 aromatic heterocycles. The molecule has 0 spiro atoms. The molecule has 0 unspecified atom stereocenters. The van der Waals surface area contributed by atoms with Crippen LogP contribution in [-0.2, 0) is 16.2 Å². The van der Waals surface area contributed by atoms with Crippen molar-refractivity contribution >= 4 is 23.7 Å². The predicted molar refractivity (Wildman–Crippen MR) is 117 cm³/mol. The highest BCUT2D eigenvalue weighted by atomic mass is 16.5. The molecule has 0 atom stereocenters. The molecule has 2 N–H and O–H groups in total. The van der Waals surface area contributed by atoms with Gasteiger partial charge in [-0.3, -0.25) is 9.59 Å². The number of hydrogen-bond donors (Lipinski definition) is 2. The Kier molecular flexibility index (Phi) is 6.95. The maximum atomic E-state index is 12.0. The minimum absolute atomic E-state index is 0.486. The van der Waals surface area contributed by atoms with E-state index in [0.29, 0.717) is 12.3 Å². The molecule has 0 saturated carbocycles. The minimum Gasteiger partial charge on any atom is -0.489 e. The summed E-state index contributed by atoms with van der Waals surface area (Å²) in [5.74, 6) is -0.886. The van der Waals surface area contributed by atoms with Gasteiger partial charge >= 0.3 is 11.8 Å². The molecule has 0 bridgehead atoms. The molecule has 3 rings (SSSR count). The lowest BCUT2D eigenvalue weighted by atomic mass is 10.1. The van der Waals surface area contributed by atoms with Crippen molar-refractivity contribution in [3.8, 4) is 5.75 Å². The van der Waals surface area contributed by atoms with Gasteiger partial charge in [0, 0.05) is 5.69 Å². The van der Waals surface area contributed by atoms with E-state index in [2.05, 4.69) is 15.8 Å². The lowest BCUT2D eigenvalue weighted by Crippen LogP contribution is -2.32. The maximum absolute atomic E-state index is 12.0. The molecule has 0 radical (unpaired) electrons. The summed E-state index contributed by atoms with van der Waals surface area (Å²) in [6, 6.07) is 22.7. The molecule has 30 heavy (non-hydrogen) atoms. The van der Waals surface area contributed by atoms with Gasteiger partial charge in [-0.15, -0.1) is 0 Å². The van der Waals surface area contributed by atoms with Crippen LogP contribution in [0.15, 0.2) is 77.9 Å². The van der Waals surface area contributed by atoms with Crippen molar-refractivity contribution in [3.05, 3.63) is 95.1 Å². The summed E-state index contributed by atoms with van der Waals surface area (Å²) in [7, 11) is 0. The lowest BCUT2D eigenvalue weighted by molar-refractivity contribution is -0.136. The number of benzene rings is 3. The number of carbonyl (C=O) groups is 2.